The van der Waals surface area contributed by atoms with Gasteiger partial charge in [-0.05, 0) is 65.6 Å². The highest BCUT2D eigenvalue weighted by atomic mass is 127. The maximum Gasteiger partial charge on any atom is 0.124 e. The average molecular weight is 363 g/mol. The van der Waals surface area contributed by atoms with Crippen molar-refractivity contribution in [3.05, 3.63) is 33.1 Å². The van der Waals surface area contributed by atoms with Crippen LogP contribution < -0.4 is 5.32 Å². The van der Waals surface area contributed by atoms with E-state index in [1.165, 1.54) is 5.56 Å². The molecule has 2 rings (SSSR count). The second-order valence-corrected chi connectivity index (χ2v) is 5.81. The summed E-state index contributed by atoms with van der Waals surface area (Å²) in [6.45, 7) is 4.72. The van der Waals surface area contributed by atoms with Crippen LogP contribution in [0.4, 0.5) is 4.39 Å². The molecule has 1 aliphatic rings. The van der Waals surface area contributed by atoms with E-state index in [0.29, 0.717) is 12.0 Å². The maximum absolute atomic E-state index is 13.2. The lowest BCUT2D eigenvalue weighted by molar-refractivity contribution is 0.0537. The highest BCUT2D eigenvalue weighted by Gasteiger charge is 2.26. The predicted octanol–water partition coefficient (Wildman–Crippen LogP) is 3.51. The van der Waals surface area contributed by atoms with Gasteiger partial charge in [-0.25, -0.2) is 4.39 Å². The van der Waals surface area contributed by atoms with Crippen LogP contribution in [0.3, 0.4) is 0 Å². The van der Waals surface area contributed by atoms with Gasteiger partial charge < -0.3 is 10.1 Å². The smallest absolute Gasteiger partial charge is 0.124 e. The quantitative estimate of drug-likeness (QED) is 0.827. The zero-order valence-corrected chi connectivity index (χ0v) is 12.7. The van der Waals surface area contributed by atoms with Crippen molar-refractivity contribution in [2.24, 2.45) is 5.92 Å². The van der Waals surface area contributed by atoms with E-state index in [4.69, 9.17) is 4.74 Å². The summed E-state index contributed by atoms with van der Waals surface area (Å²) in [6, 6.07) is 5.40. The van der Waals surface area contributed by atoms with Crippen molar-refractivity contribution < 1.29 is 9.13 Å². The van der Waals surface area contributed by atoms with E-state index in [1.807, 2.05) is 6.07 Å². The first-order valence-corrected chi connectivity index (χ1v) is 7.56. The van der Waals surface area contributed by atoms with Gasteiger partial charge in [0.1, 0.15) is 5.82 Å². The third kappa shape index (κ3) is 3.42. The Kier molecular flexibility index (Phi) is 5.38. The molecule has 1 heterocycles. The van der Waals surface area contributed by atoms with Crippen LogP contribution in [0, 0.1) is 15.3 Å². The number of nitrogens with one attached hydrogen (secondary N) is 1. The number of benzene rings is 1. The molecule has 18 heavy (non-hydrogen) atoms. The Morgan fingerprint density at radius 1 is 1.44 bits per heavy atom. The highest BCUT2D eigenvalue weighted by molar-refractivity contribution is 14.1. The standard InChI is InChI=1S/C14H19FINO/c1-2-17-14(10-5-7-18-8-6-10)12-4-3-11(15)9-13(12)16/h3-4,9-10,14,17H,2,5-8H2,1H3. The van der Waals surface area contributed by atoms with Crippen LogP contribution in [0.1, 0.15) is 31.4 Å². The van der Waals surface area contributed by atoms with E-state index in [-0.39, 0.29) is 5.82 Å². The molecule has 0 aliphatic carbocycles. The minimum Gasteiger partial charge on any atom is -0.381 e. The first-order valence-electron chi connectivity index (χ1n) is 6.48. The average Bonchev–Trinajstić information content (AvgIpc) is 2.38. The monoisotopic (exact) mass is 363 g/mol. The summed E-state index contributed by atoms with van der Waals surface area (Å²) in [5, 5.41) is 3.55. The second-order valence-electron chi connectivity index (χ2n) is 4.65. The molecule has 0 aromatic heterocycles. The van der Waals surface area contributed by atoms with Crippen LogP contribution in [0.2, 0.25) is 0 Å². The summed E-state index contributed by atoms with van der Waals surface area (Å²) >= 11 is 2.23. The van der Waals surface area contributed by atoms with Crippen molar-refractivity contribution in [3.8, 4) is 0 Å². The molecule has 0 bridgehead atoms. The number of ether oxygens (including phenoxy) is 1. The Labute approximate surface area is 121 Å². The predicted molar refractivity (Wildman–Crippen MR) is 79.1 cm³/mol. The van der Waals surface area contributed by atoms with E-state index >= 15 is 0 Å². The van der Waals surface area contributed by atoms with Crippen LogP contribution >= 0.6 is 22.6 Å². The molecule has 0 amide bonds. The molecule has 0 saturated carbocycles. The van der Waals surface area contributed by atoms with Crippen LogP contribution in [0.25, 0.3) is 0 Å². The first-order chi connectivity index (χ1) is 8.72. The third-order valence-corrected chi connectivity index (χ3v) is 4.39. The zero-order chi connectivity index (χ0) is 13.0. The third-order valence-electron chi connectivity index (χ3n) is 3.46. The fraction of sp³-hybridized carbons (Fsp3) is 0.571. The fourth-order valence-corrected chi connectivity index (χ4v) is 3.37. The van der Waals surface area contributed by atoms with E-state index in [1.54, 1.807) is 12.1 Å². The summed E-state index contributed by atoms with van der Waals surface area (Å²) in [5.74, 6) is 0.419. The van der Waals surface area contributed by atoms with E-state index in [9.17, 15) is 4.39 Å². The molecular weight excluding hydrogens is 344 g/mol. The molecule has 1 N–H and O–H groups in total. The van der Waals surface area contributed by atoms with Gasteiger partial charge in [0.25, 0.3) is 0 Å². The molecule has 0 spiro atoms. The van der Waals surface area contributed by atoms with Crippen LogP contribution in [0.5, 0.6) is 0 Å². The molecule has 1 saturated heterocycles. The van der Waals surface area contributed by atoms with Gasteiger partial charge >= 0.3 is 0 Å². The lowest BCUT2D eigenvalue weighted by atomic mass is 9.87. The number of rotatable bonds is 4. The number of halogens is 2. The summed E-state index contributed by atoms with van der Waals surface area (Å²) in [6.07, 6.45) is 2.15. The number of hydrogen-bond donors (Lipinski definition) is 1. The van der Waals surface area contributed by atoms with Crippen molar-refractivity contribution >= 4 is 22.6 Å². The van der Waals surface area contributed by atoms with E-state index in [0.717, 1.165) is 36.2 Å². The molecule has 2 nitrogen and oxygen atoms in total. The summed E-state index contributed by atoms with van der Waals surface area (Å²) in [5.41, 5.74) is 1.21. The van der Waals surface area contributed by atoms with Gasteiger partial charge in [-0.1, -0.05) is 13.0 Å². The summed E-state index contributed by atoms with van der Waals surface area (Å²) in [7, 11) is 0. The van der Waals surface area contributed by atoms with Gasteiger partial charge in [-0.2, -0.15) is 0 Å². The Balaban J connectivity index is 2.22. The van der Waals surface area contributed by atoms with Crippen molar-refractivity contribution in [2.75, 3.05) is 19.8 Å². The Hall–Kier alpha value is -0.200. The molecule has 1 aromatic rings. The Bertz CT molecular complexity index is 393. The molecule has 1 fully saturated rings. The Morgan fingerprint density at radius 2 is 2.17 bits per heavy atom. The molecule has 1 aromatic carbocycles. The van der Waals surface area contributed by atoms with Gasteiger partial charge in [-0.15, -0.1) is 0 Å². The second kappa shape index (κ2) is 6.82. The largest absolute Gasteiger partial charge is 0.381 e. The molecule has 1 atom stereocenters. The SMILES string of the molecule is CCNC(c1ccc(F)cc1I)C1CCOCC1. The fourth-order valence-electron chi connectivity index (χ4n) is 2.55. The van der Waals surface area contributed by atoms with Crippen LogP contribution in [-0.4, -0.2) is 19.8 Å². The van der Waals surface area contributed by atoms with Gasteiger partial charge in [-0.3, -0.25) is 0 Å². The van der Waals surface area contributed by atoms with Gasteiger partial charge in [0.2, 0.25) is 0 Å². The summed E-state index contributed by atoms with van der Waals surface area (Å²) in [4.78, 5) is 0. The first kappa shape index (κ1) is 14.2. The maximum atomic E-state index is 13.2. The van der Waals surface area contributed by atoms with Crippen molar-refractivity contribution in [2.45, 2.75) is 25.8 Å². The molecule has 1 aliphatic heterocycles. The van der Waals surface area contributed by atoms with Crippen molar-refractivity contribution in [3.63, 3.8) is 0 Å². The van der Waals surface area contributed by atoms with Crippen molar-refractivity contribution in [1.29, 1.82) is 0 Å². The van der Waals surface area contributed by atoms with Gasteiger partial charge in [0.05, 0.1) is 0 Å². The molecule has 100 valence electrons. The van der Waals surface area contributed by atoms with Crippen molar-refractivity contribution in [1.82, 2.24) is 5.32 Å². The lowest BCUT2D eigenvalue weighted by Gasteiger charge is -2.31. The van der Waals surface area contributed by atoms with Gasteiger partial charge in [0.15, 0.2) is 0 Å². The molecule has 1 unspecified atom stereocenters. The lowest BCUT2D eigenvalue weighted by Crippen LogP contribution is -2.32. The van der Waals surface area contributed by atoms with Gasteiger partial charge in [0, 0.05) is 22.8 Å². The Morgan fingerprint density at radius 3 is 2.78 bits per heavy atom. The zero-order valence-electron chi connectivity index (χ0n) is 10.6. The minimum atomic E-state index is -0.162. The summed E-state index contributed by atoms with van der Waals surface area (Å²) < 4.78 is 19.6. The molecule has 0 radical (unpaired) electrons. The van der Waals surface area contributed by atoms with E-state index in [2.05, 4.69) is 34.8 Å². The molecule has 4 heteroatoms. The minimum absolute atomic E-state index is 0.162. The molecular formula is C14H19FINO. The van der Waals surface area contributed by atoms with Crippen LogP contribution in [0.15, 0.2) is 18.2 Å². The highest BCUT2D eigenvalue weighted by Crippen LogP contribution is 2.32. The van der Waals surface area contributed by atoms with Crippen LogP contribution in [-0.2, 0) is 4.74 Å². The normalized spacial score (nSPS) is 18.8. The number of hydrogen-bond acceptors (Lipinski definition) is 2. The topological polar surface area (TPSA) is 21.3 Å². The van der Waals surface area contributed by atoms with E-state index < -0.39 is 0 Å².